The third kappa shape index (κ3) is 3.09. The second kappa shape index (κ2) is 6.86. The van der Waals surface area contributed by atoms with Crippen LogP contribution in [0, 0.1) is 5.92 Å². The molecule has 0 saturated heterocycles. The normalized spacial score (nSPS) is 19.7. The first-order valence-corrected chi connectivity index (χ1v) is 9.68. The number of amides is 2. The molecule has 1 aromatic heterocycles. The van der Waals surface area contributed by atoms with E-state index in [4.69, 9.17) is 0 Å². The van der Waals surface area contributed by atoms with Crippen molar-refractivity contribution in [2.45, 2.75) is 18.9 Å². The predicted octanol–water partition coefficient (Wildman–Crippen LogP) is 2.71. The molecule has 0 radical (unpaired) electrons. The minimum absolute atomic E-state index is 0.0158. The number of hydrazone groups is 1. The first-order chi connectivity index (χ1) is 14.2. The van der Waals surface area contributed by atoms with Crippen molar-refractivity contribution in [1.29, 1.82) is 0 Å². The molecule has 3 aromatic rings. The molecular weight excluding hydrogens is 366 g/mol. The molecule has 1 aliphatic heterocycles. The Kier molecular flexibility index (Phi) is 4.17. The van der Waals surface area contributed by atoms with Crippen LogP contribution in [0.4, 0.5) is 5.69 Å². The van der Waals surface area contributed by atoms with Gasteiger partial charge in [0.25, 0.3) is 5.91 Å². The highest BCUT2D eigenvalue weighted by Crippen LogP contribution is 2.48. The SMILES string of the molecule is CNCc1[nH]c2cc(NC(=O)[C@@H]3C[C@H]3c3ccccc3)cc3c2c1C=NNC3=O. The zero-order chi connectivity index (χ0) is 20.0. The lowest BCUT2D eigenvalue weighted by molar-refractivity contribution is -0.117. The largest absolute Gasteiger partial charge is 0.357 e. The van der Waals surface area contributed by atoms with Crippen molar-refractivity contribution in [1.82, 2.24) is 15.7 Å². The van der Waals surface area contributed by atoms with Crippen molar-refractivity contribution in [2.75, 3.05) is 12.4 Å². The molecule has 2 atom stereocenters. The molecular formula is C22H21N5O2. The van der Waals surface area contributed by atoms with E-state index in [0.717, 1.165) is 28.6 Å². The van der Waals surface area contributed by atoms with E-state index < -0.39 is 0 Å². The molecule has 7 heteroatoms. The molecule has 5 rings (SSSR count). The minimum atomic E-state index is -0.287. The maximum atomic E-state index is 12.8. The van der Waals surface area contributed by atoms with E-state index in [-0.39, 0.29) is 23.7 Å². The molecule has 29 heavy (non-hydrogen) atoms. The first-order valence-electron chi connectivity index (χ1n) is 9.68. The fourth-order valence-electron chi connectivity index (χ4n) is 4.13. The van der Waals surface area contributed by atoms with Gasteiger partial charge >= 0.3 is 0 Å². The van der Waals surface area contributed by atoms with Gasteiger partial charge in [-0.3, -0.25) is 9.59 Å². The van der Waals surface area contributed by atoms with E-state index in [0.29, 0.717) is 17.8 Å². The Morgan fingerprint density at radius 2 is 2.07 bits per heavy atom. The van der Waals surface area contributed by atoms with Crippen molar-refractivity contribution in [2.24, 2.45) is 11.0 Å². The van der Waals surface area contributed by atoms with Crippen LogP contribution in [-0.4, -0.2) is 30.1 Å². The molecule has 0 bridgehead atoms. The van der Waals surface area contributed by atoms with Crippen molar-refractivity contribution in [3.05, 3.63) is 64.8 Å². The number of benzene rings is 2. The summed E-state index contributed by atoms with van der Waals surface area (Å²) >= 11 is 0. The number of H-pyrrole nitrogens is 1. The lowest BCUT2D eigenvalue weighted by Gasteiger charge is -2.08. The van der Waals surface area contributed by atoms with Gasteiger partial charge in [-0.15, -0.1) is 0 Å². The number of anilines is 1. The molecule has 146 valence electrons. The summed E-state index contributed by atoms with van der Waals surface area (Å²) in [4.78, 5) is 28.6. The van der Waals surface area contributed by atoms with Gasteiger partial charge in [0.15, 0.2) is 0 Å². The maximum Gasteiger partial charge on any atom is 0.272 e. The highest BCUT2D eigenvalue weighted by molar-refractivity contribution is 6.16. The van der Waals surface area contributed by atoms with Crippen molar-refractivity contribution < 1.29 is 9.59 Å². The number of carbonyl (C=O) groups excluding carboxylic acids is 2. The van der Waals surface area contributed by atoms with Crippen LogP contribution in [0.2, 0.25) is 0 Å². The summed E-state index contributed by atoms with van der Waals surface area (Å²) in [5, 5.41) is 11.0. The third-order valence-corrected chi connectivity index (χ3v) is 5.60. The fraction of sp³-hybridized carbons (Fsp3) is 0.227. The summed E-state index contributed by atoms with van der Waals surface area (Å²) in [5.41, 5.74) is 7.46. The van der Waals surface area contributed by atoms with Gasteiger partial charge in [-0.2, -0.15) is 5.10 Å². The minimum Gasteiger partial charge on any atom is -0.357 e. The highest BCUT2D eigenvalue weighted by Gasteiger charge is 2.43. The fourth-order valence-corrected chi connectivity index (χ4v) is 4.13. The lowest BCUT2D eigenvalue weighted by Crippen LogP contribution is -2.18. The zero-order valence-electron chi connectivity index (χ0n) is 16.0. The molecule has 2 aromatic carbocycles. The Bertz CT molecular complexity index is 1150. The summed E-state index contributed by atoms with van der Waals surface area (Å²) in [7, 11) is 1.86. The third-order valence-electron chi connectivity index (χ3n) is 5.60. The van der Waals surface area contributed by atoms with Gasteiger partial charge in [0.05, 0.1) is 11.8 Å². The second-order valence-electron chi connectivity index (χ2n) is 7.54. The van der Waals surface area contributed by atoms with Gasteiger partial charge in [0.2, 0.25) is 5.91 Å². The number of aromatic amines is 1. The standard InChI is InChI=1S/C22H21N5O2/c1-23-11-19-17-10-24-27-22(29)16-7-13(8-18(26-19)20(16)17)25-21(28)15-9-14(15)12-5-3-2-4-6-12/h2-8,10,14-15,23,26H,9,11H2,1H3,(H,25,28)(H,27,29)/t14-,15+/m0/s1. The van der Waals surface area contributed by atoms with E-state index in [1.54, 1.807) is 12.3 Å². The maximum absolute atomic E-state index is 12.8. The van der Waals surface area contributed by atoms with Crippen LogP contribution in [-0.2, 0) is 11.3 Å². The van der Waals surface area contributed by atoms with Crippen LogP contribution in [0.25, 0.3) is 10.9 Å². The van der Waals surface area contributed by atoms with Crippen molar-refractivity contribution >= 4 is 34.6 Å². The number of carbonyl (C=O) groups is 2. The van der Waals surface area contributed by atoms with Crippen LogP contribution in [0.15, 0.2) is 47.6 Å². The van der Waals surface area contributed by atoms with Crippen LogP contribution in [0.1, 0.15) is 39.5 Å². The Morgan fingerprint density at radius 3 is 2.86 bits per heavy atom. The van der Waals surface area contributed by atoms with Gasteiger partial charge in [0, 0.05) is 40.3 Å². The number of nitrogens with zero attached hydrogens (tertiary/aromatic N) is 1. The van der Waals surface area contributed by atoms with Gasteiger partial charge in [-0.05, 0) is 37.1 Å². The zero-order valence-corrected chi connectivity index (χ0v) is 16.0. The van der Waals surface area contributed by atoms with E-state index in [1.165, 1.54) is 5.56 Å². The van der Waals surface area contributed by atoms with Gasteiger partial charge in [-0.1, -0.05) is 30.3 Å². The number of aromatic nitrogens is 1. The molecule has 1 saturated carbocycles. The summed E-state index contributed by atoms with van der Waals surface area (Å²) < 4.78 is 0. The van der Waals surface area contributed by atoms with Crippen LogP contribution in [0.3, 0.4) is 0 Å². The molecule has 1 aliphatic carbocycles. The van der Waals surface area contributed by atoms with Crippen LogP contribution >= 0.6 is 0 Å². The summed E-state index contributed by atoms with van der Waals surface area (Å²) in [6.45, 7) is 0.617. The predicted molar refractivity (Wildman–Crippen MR) is 112 cm³/mol. The van der Waals surface area contributed by atoms with Crippen molar-refractivity contribution in [3.8, 4) is 0 Å². The Balaban J connectivity index is 1.45. The van der Waals surface area contributed by atoms with Crippen molar-refractivity contribution in [3.63, 3.8) is 0 Å². The van der Waals surface area contributed by atoms with E-state index >= 15 is 0 Å². The number of hydrogen-bond donors (Lipinski definition) is 4. The average Bonchev–Trinajstić information content (AvgIpc) is 3.48. The van der Waals surface area contributed by atoms with Gasteiger partial charge < -0.3 is 15.6 Å². The van der Waals surface area contributed by atoms with Gasteiger partial charge in [-0.25, -0.2) is 5.43 Å². The lowest BCUT2D eigenvalue weighted by atomic mass is 10.0. The highest BCUT2D eigenvalue weighted by atomic mass is 16.2. The molecule has 2 heterocycles. The molecule has 0 spiro atoms. The smallest absolute Gasteiger partial charge is 0.272 e. The Labute approximate surface area is 167 Å². The topological polar surface area (TPSA) is 98.4 Å². The van der Waals surface area contributed by atoms with E-state index in [2.05, 4.69) is 38.3 Å². The van der Waals surface area contributed by atoms with Crippen LogP contribution in [0.5, 0.6) is 0 Å². The summed E-state index contributed by atoms with van der Waals surface area (Å²) in [6, 6.07) is 13.7. The van der Waals surface area contributed by atoms with E-state index in [1.807, 2.05) is 31.3 Å². The quantitative estimate of drug-likeness (QED) is 0.542. The second-order valence-corrected chi connectivity index (χ2v) is 7.54. The molecule has 0 unspecified atom stereocenters. The monoisotopic (exact) mass is 387 g/mol. The Hall–Kier alpha value is -3.45. The molecule has 2 amide bonds. The number of hydrogen-bond acceptors (Lipinski definition) is 4. The summed E-state index contributed by atoms with van der Waals surface area (Å²) in [6.07, 6.45) is 2.51. The molecule has 7 nitrogen and oxygen atoms in total. The van der Waals surface area contributed by atoms with E-state index in [9.17, 15) is 9.59 Å². The number of rotatable bonds is 5. The van der Waals surface area contributed by atoms with Gasteiger partial charge in [0.1, 0.15) is 0 Å². The van der Waals surface area contributed by atoms with Crippen LogP contribution < -0.4 is 16.1 Å². The molecule has 4 N–H and O–H groups in total. The molecule has 1 fully saturated rings. The average molecular weight is 387 g/mol. The first kappa shape index (κ1) is 17.6. The Morgan fingerprint density at radius 1 is 1.24 bits per heavy atom. The molecule has 2 aliphatic rings. The summed E-state index contributed by atoms with van der Waals surface area (Å²) in [5.74, 6) is -0.0800. The number of nitrogens with one attached hydrogen (secondary N) is 4.